The maximum absolute atomic E-state index is 12.0. The average Bonchev–Trinajstić information content (AvgIpc) is 2.81. The zero-order valence-corrected chi connectivity index (χ0v) is 11.5. The number of carbonyl (C=O) groups is 1. The van der Waals surface area contributed by atoms with Gasteiger partial charge in [0.05, 0.1) is 16.2 Å². The Morgan fingerprint density at radius 3 is 2.74 bits per heavy atom. The number of para-hydroxylation sites is 1. The number of anilines is 1. The summed E-state index contributed by atoms with van der Waals surface area (Å²) in [5, 5.41) is 7.39. The highest BCUT2D eigenvalue weighted by molar-refractivity contribution is 6.33. The first-order valence-corrected chi connectivity index (χ1v) is 6.16. The fourth-order valence-electron chi connectivity index (χ4n) is 1.53. The van der Waals surface area contributed by atoms with Crippen LogP contribution in [0.1, 0.15) is 13.8 Å². The minimum atomic E-state index is -0.969. The van der Waals surface area contributed by atoms with E-state index in [9.17, 15) is 4.79 Å². The van der Waals surface area contributed by atoms with E-state index < -0.39 is 5.54 Å². The molecule has 0 saturated heterocycles. The molecule has 1 aromatic carbocycles. The van der Waals surface area contributed by atoms with Crippen molar-refractivity contribution in [1.29, 1.82) is 0 Å². The van der Waals surface area contributed by atoms with Gasteiger partial charge < -0.3 is 11.1 Å². The van der Waals surface area contributed by atoms with Gasteiger partial charge in [0.25, 0.3) is 0 Å². The van der Waals surface area contributed by atoms with Gasteiger partial charge in [0, 0.05) is 12.4 Å². The molecule has 0 bridgehead atoms. The molecule has 1 heterocycles. The maximum atomic E-state index is 12.0. The topological polar surface area (TPSA) is 72.9 Å². The third-order valence-corrected chi connectivity index (χ3v) is 2.86. The zero-order chi connectivity index (χ0) is 14.0. The molecule has 0 saturated carbocycles. The minimum absolute atomic E-state index is 0.289. The summed E-state index contributed by atoms with van der Waals surface area (Å²) in [5.74, 6) is -0.289. The lowest BCUT2D eigenvalue weighted by atomic mass is 10.1. The Kier molecular flexibility index (Phi) is 3.59. The van der Waals surface area contributed by atoms with Gasteiger partial charge in [-0.2, -0.15) is 5.10 Å². The molecule has 2 rings (SSSR count). The molecular formula is C13H15ClN4O. The Labute approximate surface area is 116 Å². The van der Waals surface area contributed by atoms with E-state index in [-0.39, 0.29) is 5.91 Å². The molecule has 0 aliphatic carbocycles. The van der Waals surface area contributed by atoms with Crippen LogP contribution in [0, 0.1) is 0 Å². The van der Waals surface area contributed by atoms with E-state index in [2.05, 4.69) is 10.4 Å². The van der Waals surface area contributed by atoms with Crippen LogP contribution in [-0.4, -0.2) is 21.2 Å². The van der Waals surface area contributed by atoms with Crippen molar-refractivity contribution in [2.75, 3.05) is 5.32 Å². The summed E-state index contributed by atoms with van der Waals surface area (Å²) in [4.78, 5) is 12.0. The molecule has 6 heteroatoms. The molecule has 5 nitrogen and oxygen atoms in total. The van der Waals surface area contributed by atoms with Crippen molar-refractivity contribution >= 4 is 23.2 Å². The molecule has 0 atom stereocenters. The van der Waals surface area contributed by atoms with Crippen LogP contribution in [0.2, 0.25) is 5.02 Å². The van der Waals surface area contributed by atoms with E-state index in [1.165, 1.54) is 0 Å². The number of rotatable bonds is 3. The second kappa shape index (κ2) is 5.03. The molecule has 0 radical (unpaired) electrons. The van der Waals surface area contributed by atoms with Crippen LogP contribution in [0.3, 0.4) is 0 Å². The molecule has 0 aliphatic heterocycles. The summed E-state index contributed by atoms with van der Waals surface area (Å²) in [5.41, 5.74) is 5.98. The number of benzene rings is 1. The molecule has 0 spiro atoms. The van der Waals surface area contributed by atoms with Gasteiger partial charge in [-0.15, -0.1) is 0 Å². The van der Waals surface area contributed by atoms with Gasteiger partial charge in [-0.25, -0.2) is 4.68 Å². The van der Waals surface area contributed by atoms with Gasteiger partial charge in [-0.3, -0.25) is 4.79 Å². The van der Waals surface area contributed by atoms with Crippen molar-refractivity contribution < 1.29 is 4.79 Å². The highest BCUT2D eigenvalue weighted by Gasteiger charge is 2.23. The van der Waals surface area contributed by atoms with Crippen LogP contribution in [0.5, 0.6) is 0 Å². The number of hydrogen-bond acceptors (Lipinski definition) is 3. The molecular weight excluding hydrogens is 264 g/mol. The van der Waals surface area contributed by atoms with Crippen LogP contribution in [0.4, 0.5) is 5.69 Å². The van der Waals surface area contributed by atoms with E-state index in [4.69, 9.17) is 17.3 Å². The van der Waals surface area contributed by atoms with Gasteiger partial charge in [-0.05, 0) is 32.0 Å². The monoisotopic (exact) mass is 278 g/mol. The molecule has 0 aliphatic rings. The number of hydrogen-bond donors (Lipinski definition) is 2. The molecule has 2 aromatic rings. The Morgan fingerprint density at radius 1 is 1.42 bits per heavy atom. The normalized spacial score (nSPS) is 11.4. The summed E-state index contributed by atoms with van der Waals surface area (Å²) >= 11 is 6.18. The highest BCUT2D eigenvalue weighted by atomic mass is 35.5. The van der Waals surface area contributed by atoms with Gasteiger partial charge in [-0.1, -0.05) is 17.7 Å². The predicted octanol–water partition coefficient (Wildman–Crippen LogP) is 2.20. The lowest BCUT2D eigenvalue weighted by Gasteiger charge is -2.19. The van der Waals surface area contributed by atoms with Crippen LogP contribution >= 0.6 is 11.6 Å². The second-order valence-corrected chi connectivity index (χ2v) is 5.17. The molecule has 100 valence electrons. The second-order valence-electron chi connectivity index (χ2n) is 4.76. The maximum Gasteiger partial charge on any atom is 0.243 e. The van der Waals surface area contributed by atoms with Gasteiger partial charge in [0.15, 0.2) is 0 Å². The minimum Gasteiger partial charge on any atom is -0.323 e. The Hall–Kier alpha value is -1.85. The summed E-state index contributed by atoms with van der Waals surface area (Å²) in [6.07, 6.45) is 3.40. The summed E-state index contributed by atoms with van der Waals surface area (Å²) in [6, 6.07) is 7.03. The van der Waals surface area contributed by atoms with E-state index >= 15 is 0 Å². The first-order chi connectivity index (χ1) is 8.89. The van der Waals surface area contributed by atoms with Crippen molar-refractivity contribution in [1.82, 2.24) is 9.78 Å². The number of amides is 1. The molecule has 19 heavy (non-hydrogen) atoms. The number of carbonyl (C=O) groups excluding carboxylic acids is 1. The van der Waals surface area contributed by atoms with Gasteiger partial charge >= 0.3 is 0 Å². The smallest absolute Gasteiger partial charge is 0.243 e. The average molecular weight is 279 g/mol. The Morgan fingerprint density at radius 2 is 2.16 bits per heavy atom. The Bertz CT molecular complexity index is 587. The SMILES string of the molecule is CC(C)(N)C(=O)Nc1cccc(Cl)c1-n1cccn1. The van der Waals surface area contributed by atoms with E-state index in [0.29, 0.717) is 16.4 Å². The lowest BCUT2D eigenvalue weighted by molar-refractivity contribution is -0.120. The molecule has 1 amide bonds. The van der Waals surface area contributed by atoms with E-state index in [1.54, 1.807) is 55.2 Å². The molecule has 3 N–H and O–H groups in total. The van der Waals surface area contributed by atoms with Gasteiger partial charge in [0.2, 0.25) is 5.91 Å². The van der Waals surface area contributed by atoms with Crippen LogP contribution in [0.15, 0.2) is 36.7 Å². The van der Waals surface area contributed by atoms with Crippen LogP contribution in [0.25, 0.3) is 5.69 Å². The number of aromatic nitrogens is 2. The fourth-order valence-corrected chi connectivity index (χ4v) is 1.79. The van der Waals surface area contributed by atoms with E-state index in [1.807, 2.05) is 0 Å². The third kappa shape index (κ3) is 2.94. The quantitative estimate of drug-likeness (QED) is 0.904. The first kappa shape index (κ1) is 13.6. The molecule has 0 unspecified atom stereocenters. The first-order valence-electron chi connectivity index (χ1n) is 5.78. The number of nitrogens with zero attached hydrogens (tertiary/aromatic N) is 2. The Balaban J connectivity index is 2.42. The van der Waals surface area contributed by atoms with Crippen LogP contribution < -0.4 is 11.1 Å². The molecule has 1 aromatic heterocycles. The van der Waals surface area contributed by atoms with Crippen molar-refractivity contribution in [3.63, 3.8) is 0 Å². The standard InChI is InChI=1S/C13H15ClN4O/c1-13(2,15)12(19)17-10-6-3-5-9(14)11(10)18-8-4-7-16-18/h3-8H,15H2,1-2H3,(H,17,19). The lowest BCUT2D eigenvalue weighted by Crippen LogP contribution is -2.45. The summed E-state index contributed by atoms with van der Waals surface area (Å²) in [7, 11) is 0. The van der Waals surface area contributed by atoms with Crippen LogP contribution in [-0.2, 0) is 4.79 Å². The summed E-state index contributed by atoms with van der Waals surface area (Å²) in [6.45, 7) is 3.28. The van der Waals surface area contributed by atoms with Crippen molar-refractivity contribution in [2.24, 2.45) is 5.73 Å². The predicted molar refractivity (Wildman–Crippen MR) is 75.5 cm³/mol. The van der Waals surface area contributed by atoms with E-state index in [0.717, 1.165) is 0 Å². The van der Waals surface area contributed by atoms with Crippen molar-refractivity contribution in [2.45, 2.75) is 19.4 Å². The largest absolute Gasteiger partial charge is 0.323 e. The number of nitrogens with one attached hydrogen (secondary N) is 1. The number of halogens is 1. The van der Waals surface area contributed by atoms with Crippen molar-refractivity contribution in [3.05, 3.63) is 41.7 Å². The highest BCUT2D eigenvalue weighted by Crippen LogP contribution is 2.28. The van der Waals surface area contributed by atoms with Crippen molar-refractivity contribution in [3.8, 4) is 5.69 Å². The zero-order valence-electron chi connectivity index (χ0n) is 10.7. The third-order valence-electron chi connectivity index (χ3n) is 2.55. The summed E-state index contributed by atoms with van der Waals surface area (Å²) < 4.78 is 1.60. The fraction of sp³-hybridized carbons (Fsp3) is 0.231. The van der Waals surface area contributed by atoms with Gasteiger partial charge in [0.1, 0.15) is 5.69 Å². The molecule has 0 fully saturated rings. The number of nitrogens with two attached hydrogens (primary N) is 1.